The van der Waals surface area contributed by atoms with Crippen LogP contribution in [0.5, 0.6) is 0 Å². The highest BCUT2D eigenvalue weighted by molar-refractivity contribution is 6.33. The molecule has 17 heavy (non-hydrogen) atoms. The van der Waals surface area contributed by atoms with Crippen molar-refractivity contribution in [1.29, 1.82) is 0 Å². The number of hydrogen-bond donors (Lipinski definition) is 1. The summed E-state index contributed by atoms with van der Waals surface area (Å²) in [4.78, 5) is 10.7. The van der Waals surface area contributed by atoms with Crippen LogP contribution in [0.1, 0.15) is 0 Å². The summed E-state index contributed by atoms with van der Waals surface area (Å²) in [5, 5.41) is 5.85. The SMILES string of the molecule is O=C(Nc1ccn2ncc(Cl)c2c1)C(F)(F)F. The molecule has 0 spiro atoms. The van der Waals surface area contributed by atoms with Gasteiger partial charge in [0.25, 0.3) is 0 Å². The molecule has 0 radical (unpaired) electrons. The molecular weight excluding hydrogens is 259 g/mol. The molecular formula is C9H5ClF3N3O. The molecule has 8 heteroatoms. The molecule has 0 aliphatic rings. The van der Waals surface area contributed by atoms with Crippen LogP contribution in [0.25, 0.3) is 5.52 Å². The van der Waals surface area contributed by atoms with Crippen LogP contribution < -0.4 is 5.32 Å². The quantitative estimate of drug-likeness (QED) is 0.859. The van der Waals surface area contributed by atoms with Crippen molar-refractivity contribution in [3.8, 4) is 0 Å². The van der Waals surface area contributed by atoms with Gasteiger partial charge in [-0.15, -0.1) is 0 Å². The van der Waals surface area contributed by atoms with Crippen molar-refractivity contribution in [2.75, 3.05) is 5.32 Å². The minimum atomic E-state index is -4.92. The van der Waals surface area contributed by atoms with Gasteiger partial charge in [0, 0.05) is 11.9 Å². The van der Waals surface area contributed by atoms with Crippen molar-refractivity contribution in [2.24, 2.45) is 0 Å². The number of hydrogen-bond acceptors (Lipinski definition) is 2. The van der Waals surface area contributed by atoms with Crippen LogP contribution in [0.2, 0.25) is 5.02 Å². The van der Waals surface area contributed by atoms with E-state index < -0.39 is 12.1 Å². The molecule has 0 atom stereocenters. The van der Waals surface area contributed by atoms with Crippen LogP contribution >= 0.6 is 11.6 Å². The number of anilines is 1. The summed E-state index contributed by atoms with van der Waals surface area (Å²) >= 11 is 5.75. The molecule has 0 unspecified atom stereocenters. The molecule has 2 heterocycles. The van der Waals surface area contributed by atoms with Gasteiger partial charge in [0.05, 0.1) is 16.7 Å². The van der Waals surface area contributed by atoms with Crippen molar-refractivity contribution in [3.05, 3.63) is 29.5 Å². The van der Waals surface area contributed by atoms with E-state index in [1.165, 1.54) is 29.0 Å². The van der Waals surface area contributed by atoms with Gasteiger partial charge in [-0.25, -0.2) is 4.52 Å². The first kappa shape index (κ1) is 11.7. The third-order valence-electron chi connectivity index (χ3n) is 1.99. The molecule has 0 bridgehead atoms. The zero-order valence-corrected chi connectivity index (χ0v) is 8.88. The number of rotatable bonds is 1. The number of carbonyl (C=O) groups is 1. The third kappa shape index (κ3) is 2.33. The highest BCUT2D eigenvalue weighted by atomic mass is 35.5. The molecule has 0 saturated carbocycles. The molecule has 90 valence electrons. The smallest absolute Gasteiger partial charge is 0.318 e. The Bertz CT molecular complexity index is 578. The van der Waals surface area contributed by atoms with Crippen LogP contribution in [-0.4, -0.2) is 21.7 Å². The average Bonchev–Trinajstić information content (AvgIpc) is 2.59. The number of fused-ring (bicyclic) bond motifs is 1. The first-order chi connectivity index (χ1) is 7.88. The van der Waals surface area contributed by atoms with Gasteiger partial charge >= 0.3 is 12.1 Å². The first-order valence-electron chi connectivity index (χ1n) is 4.39. The summed E-state index contributed by atoms with van der Waals surface area (Å²) in [6, 6.07) is 2.60. The van der Waals surface area contributed by atoms with Gasteiger partial charge in [0.1, 0.15) is 0 Å². The number of amides is 1. The fourth-order valence-electron chi connectivity index (χ4n) is 1.23. The fourth-order valence-corrected chi connectivity index (χ4v) is 1.42. The van der Waals surface area contributed by atoms with Crippen LogP contribution in [0.4, 0.5) is 18.9 Å². The number of carbonyl (C=O) groups excluding carboxylic acids is 1. The van der Waals surface area contributed by atoms with Gasteiger partial charge in [-0.05, 0) is 12.1 Å². The maximum Gasteiger partial charge on any atom is 0.471 e. The Morgan fingerprint density at radius 2 is 2.18 bits per heavy atom. The lowest BCUT2D eigenvalue weighted by Crippen LogP contribution is -2.29. The normalized spacial score (nSPS) is 11.8. The average molecular weight is 264 g/mol. The summed E-state index contributed by atoms with van der Waals surface area (Å²) in [5.41, 5.74) is 0.411. The molecule has 0 aromatic carbocycles. The van der Waals surface area contributed by atoms with E-state index in [1.807, 2.05) is 0 Å². The number of aromatic nitrogens is 2. The second kappa shape index (κ2) is 3.92. The van der Waals surface area contributed by atoms with Crippen LogP contribution in [0.15, 0.2) is 24.5 Å². The van der Waals surface area contributed by atoms with Gasteiger partial charge in [-0.3, -0.25) is 4.79 Å². The molecule has 2 rings (SSSR count). The Balaban J connectivity index is 2.31. The van der Waals surface area contributed by atoms with Crippen LogP contribution in [0.3, 0.4) is 0 Å². The molecule has 2 aromatic rings. The number of alkyl halides is 3. The number of nitrogens with zero attached hydrogens (tertiary/aromatic N) is 2. The summed E-state index contributed by atoms with van der Waals surface area (Å²) < 4.78 is 37.4. The summed E-state index contributed by atoms with van der Waals surface area (Å²) in [6.07, 6.45) is -2.17. The zero-order valence-electron chi connectivity index (χ0n) is 8.12. The Kier molecular flexibility index (Phi) is 2.70. The van der Waals surface area contributed by atoms with E-state index >= 15 is 0 Å². The molecule has 0 saturated heterocycles. The van der Waals surface area contributed by atoms with Crippen molar-refractivity contribution in [2.45, 2.75) is 6.18 Å². The minimum Gasteiger partial charge on any atom is -0.318 e. The highest BCUT2D eigenvalue weighted by Gasteiger charge is 2.38. The molecule has 0 aliphatic heterocycles. The van der Waals surface area contributed by atoms with Gasteiger partial charge in [0.15, 0.2) is 0 Å². The predicted octanol–water partition coefficient (Wildman–Crippen LogP) is 2.49. The van der Waals surface area contributed by atoms with Crippen LogP contribution in [0, 0.1) is 0 Å². The van der Waals surface area contributed by atoms with E-state index in [9.17, 15) is 18.0 Å². The Morgan fingerprint density at radius 3 is 2.82 bits per heavy atom. The molecule has 0 fully saturated rings. The van der Waals surface area contributed by atoms with Gasteiger partial charge in [-0.2, -0.15) is 18.3 Å². The third-order valence-corrected chi connectivity index (χ3v) is 2.28. The van der Waals surface area contributed by atoms with Crippen molar-refractivity contribution in [3.63, 3.8) is 0 Å². The minimum absolute atomic E-state index is 0.00206. The van der Waals surface area contributed by atoms with E-state index in [1.54, 1.807) is 5.32 Å². The second-order valence-electron chi connectivity index (χ2n) is 3.19. The van der Waals surface area contributed by atoms with Gasteiger partial charge < -0.3 is 5.32 Å². The topological polar surface area (TPSA) is 46.4 Å². The van der Waals surface area contributed by atoms with E-state index in [2.05, 4.69) is 5.10 Å². The molecule has 4 nitrogen and oxygen atoms in total. The summed E-state index contributed by atoms with van der Waals surface area (Å²) in [6.45, 7) is 0. The largest absolute Gasteiger partial charge is 0.471 e. The summed E-state index contributed by atoms with van der Waals surface area (Å²) in [5.74, 6) is -2.03. The number of halogens is 4. The van der Waals surface area contributed by atoms with Crippen LogP contribution in [-0.2, 0) is 4.79 Å². The predicted molar refractivity (Wildman–Crippen MR) is 54.9 cm³/mol. The van der Waals surface area contributed by atoms with E-state index in [0.29, 0.717) is 5.52 Å². The molecule has 1 amide bonds. The van der Waals surface area contributed by atoms with E-state index in [0.717, 1.165) is 0 Å². The van der Waals surface area contributed by atoms with Gasteiger partial charge in [0.2, 0.25) is 0 Å². The number of pyridine rings is 1. The van der Waals surface area contributed by atoms with Crippen molar-refractivity contribution >= 4 is 28.7 Å². The van der Waals surface area contributed by atoms with Crippen molar-refractivity contribution in [1.82, 2.24) is 9.61 Å². The Hall–Kier alpha value is -1.76. The maximum absolute atomic E-state index is 12.0. The lowest BCUT2D eigenvalue weighted by molar-refractivity contribution is -0.167. The monoisotopic (exact) mass is 263 g/mol. The lowest BCUT2D eigenvalue weighted by atomic mass is 10.3. The van der Waals surface area contributed by atoms with Crippen molar-refractivity contribution < 1.29 is 18.0 Å². The molecule has 2 aromatic heterocycles. The second-order valence-corrected chi connectivity index (χ2v) is 3.60. The van der Waals surface area contributed by atoms with Gasteiger partial charge in [-0.1, -0.05) is 11.6 Å². The Morgan fingerprint density at radius 1 is 1.47 bits per heavy atom. The molecule has 0 aliphatic carbocycles. The summed E-state index contributed by atoms with van der Waals surface area (Å²) in [7, 11) is 0. The highest BCUT2D eigenvalue weighted by Crippen LogP contribution is 2.22. The first-order valence-corrected chi connectivity index (χ1v) is 4.77. The van der Waals surface area contributed by atoms with E-state index in [4.69, 9.17) is 11.6 Å². The maximum atomic E-state index is 12.0. The Labute approximate surface area is 98.0 Å². The number of nitrogens with one attached hydrogen (secondary N) is 1. The molecule has 1 N–H and O–H groups in total. The standard InChI is InChI=1S/C9H5ClF3N3O/c10-6-4-14-16-2-1-5(3-7(6)16)15-8(17)9(11,12)13/h1-4H,(H,15,17). The zero-order chi connectivity index (χ0) is 12.6. The van der Waals surface area contributed by atoms with E-state index in [-0.39, 0.29) is 10.7 Å². The lowest BCUT2D eigenvalue weighted by Gasteiger charge is -2.07. The fraction of sp³-hybridized carbons (Fsp3) is 0.111.